The molecule has 3 heteroatoms. The number of rotatable bonds is 7. The average Bonchev–Trinajstić information content (AvgIpc) is 2.48. The van der Waals surface area contributed by atoms with E-state index in [4.69, 9.17) is 9.47 Å². The van der Waals surface area contributed by atoms with Gasteiger partial charge in [-0.15, -0.1) is 0 Å². The Hall–Kier alpha value is -1.32. The highest BCUT2D eigenvalue weighted by molar-refractivity contribution is 9.09. The fourth-order valence-corrected chi connectivity index (χ4v) is 2.53. The van der Waals surface area contributed by atoms with Crippen molar-refractivity contribution in [2.24, 2.45) is 0 Å². The second-order valence-electron chi connectivity index (χ2n) is 4.59. The van der Waals surface area contributed by atoms with Crippen molar-refractivity contribution >= 4 is 15.9 Å². The summed E-state index contributed by atoms with van der Waals surface area (Å²) in [5, 5.41) is 0.780. The predicted octanol–water partition coefficient (Wildman–Crippen LogP) is 4.53. The summed E-state index contributed by atoms with van der Waals surface area (Å²) in [5.74, 6) is 0.877. The smallest absolute Gasteiger partial charge is 0.119 e. The van der Waals surface area contributed by atoms with Crippen molar-refractivity contribution in [2.75, 3.05) is 18.5 Å². The van der Waals surface area contributed by atoms with Crippen molar-refractivity contribution in [1.29, 1.82) is 0 Å². The Morgan fingerprint density at radius 1 is 1.00 bits per heavy atom. The Kier molecular flexibility index (Phi) is 6.09. The van der Waals surface area contributed by atoms with Crippen molar-refractivity contribution in [1.82, 2.24) is 0 Å². The van der Waals surface area contributed by atoms with Crippen molar-refractivity contribution < 1.29 is 9.47 Å². The summed E-state index contributed by atoms with van der Waals surface area (Å²) < 4.78 is 11.5. The average molecular weight is 335 g/mol. The highest BCUT2D eigenvalue weighted by Gasteiger charge is 2.10. The van der Waals surface area contributed by atoms with Crippen LogP contribution >= 0.6 is 15.9 Å². The van der Waals surface area contributed by atoms with Gasteiger partial charge in [-0.3, -0.25) is 0 Å². The Bertz CT molecular complexity index is 513. The van der Waals surface area contributed by atoms with E-state index in [9.17, 15) is 0 Å². The quantitative estimate of drug-likeness (QED) is 0.547. The molecule has 0 radical (unpaired) electrons. The molecule has 1 unspecified atom stereocenters. The molecule has 2 aromatic rings. The normalized spacial score (nSPS) is 12.1. The van der Waals surface area contributed by atoms with Crippen LogP contribution in [0.1, 0.15) is 17.2 Å². The zero-order valence-electron chi connectivity index (χ0n) is 11.6. The van der Waals surface area contributed by atoms with Crippen LogP contribution in [0.5, 0.6) is 5.75 Å². The molecule has 0 aromatic heterocycles. The van der Waals surface area contributed by atoms with E-state index in [1.165, 1.54) is 11.1 Å². The van der Waals surface area contributed by atoms with Gasteiger partial charge in [0.1, 0.15) is 12.4 Å². The fourth-order valence-electron chi connectivity index (χ4n) is 1.97. The van der Waals surface area contributed by atoms with Crippen LogP contribution in [0.25, 0.3) is 0 Å². The standard InChI is InChI=1S/C17H19BrO2/c1-14-6-5-7-15(12-14)17(13-18)20-11-10-19-16-8-3-2-4-9-16/h2-9,12,17H,10-11,13H2,1H3. The Morgan fingerprint density at radius 2 is 1.80 bits per heavy atom. The van der Waals surface area contributed by atoms with Crippen LogP contribution in [-0.4, -0.2) is 18.5 Å². The summed E-state index contributed by atoms with van der Waals surface area (Å²) in [6.45, 7) is 3.21. The molecule has 0 saturated heterocycles. The molecule has 0 heterocycles. The molecular weight excluding hydrogens is 316 g/mol. The van der Waals surface area contributed by atoms with Crippen molar-refractivity contribution in [2.45, 2.75) is 13.0 Å². The lowest BCUT2D eigenvalue weighted by Gasteiger charge is -2.16. The topological polar surface area (TPSA) is 18.5 Å². The molecule has 2 rings (SSSR count). The zero-order valence-corrected chi connectivity index (χ0v) is 13.2. The van der Waals surface area contributed by atoms with Crippen molar-refractivity contribution in [3.63, 3.8) is 0 Å². The highest BCUT2D eigenvalue weighted by atomic mass is 79.9. The molecule has 106 valence electrons. The van der Waals surface area contributed by atoms with Crippen molar-refractivity contribution in [3.8, 4) is 5.75 Å². The number of para-hydroxylation sites is 1. The van der Waals surface area contributed by atoms with Gasteiger partial charge in [0.05, 0.1) is 12.7 Å². The summed E-state index contributed by atoms with van der Waals surface area (Å²) in [6.07, 6.45) is 0.0641. The molecule has 0 bridgehead atoms. The van der Waals surface area contributed by atoms with Crippen LogP contribution in [-0.2, 0) is 4.74 Å². The van der Waals surface area contributed by atoms with Gasteiger partial charge in [-0.25, -0.2) is 0 Å². The molecule has 2 nitrogen and oxygen atoms in total. The van der Waals surface area contributed by atoms with Gasteiger partial charge in [0.25, 0.3) is 0 Å². The largest absolute Gasteiger partial charge is 0.491 e. The van der Waals surface area contributed by atoms with Gasteiger partial charge in [-0.1, -0.05) is 64.0 Å². The maximum absolute atomic E-state index is 5.88. The van der Waals surface area contributed by atoms with Gasteiger partial charge in [-0.05, 0) is 24.6 Å². The van der Waals surface area contributed by atoms with Crippen LogP contribution in [0.2, 0.25) is 0 Å². The number of halogens is 1. The summed E-state index contributed by atoms with van der Waals surface area (Å²) in [5.41, 5.74) is 2.44. The summed E-state index contributed by atoms with van der Waals surface area (Å²) in [6, 6.07) is 18.2. The third kappa shape index (κ3) is 4.66. The van der Waals surface area contributed by atoms with Gasteiger partial charge in [0.2, 0.25) is 0 Å². The SMILES string of the molecule is Cc1cccc(C(CBr)OCCOc2ccccc2)c1. The van der Waals surface area contributed by atoms with Crippen LogP contribution in [0.4, 0.5) is 0 Å². The zero-order chi connectivity index (χ0) is 14.2. The first-order valence-electron chi connectivity index (χ1n) is 6.71. The maximum atomic E-state index is 5.88. The number of hydrogen-bond donors (Lipinski definition) is 0. The van der Waals surface area contributed by atoms with Crippen LogP contribution in [0, 0.1) is 6.92 Å². The summed E-state index contributed by atoms with van der Waals surface area (Å²) in [7, 11) is 0. The van der Waals surface area contributed by atoms with E-state index >= 15 is 0 Å². The minimum absolute atomic E-state index is 0.0641. The molecule has 0 aliphatic heterocycles. The molecule has 0 spiro atoms. The van der Waals surface area contributed by atoms with Crippen LogP contribution < -0.4 is 4.74 Å². The Balaban J connectivity index is 1.80. The van der Waals surface area contributed by atoms with Crippen LogP contribution in [0.3, 0.4) is 0 Å². The van der Waals surface area contributed by atoms with Gasteiger partial charge in [0, 0.05) is 5.33 Å². The molecule has 2 aromatic carbocycles. The van der Waals surface area contributed by atoms with Crippen LogP contribution in [0.15, 0.2) is 54.6 Å². The third-order valence-corrected chi connectivity index (χ3v) is 3.56. The third-order valence-electron chi connectivity index (χ3n) is 2.97. The number of aryl methyl sites for hydroxylation is 1. The van der Waals surface area contributed by atoms with E-state index in [0.717, 1.165) is 11.1 Å². The number of ether oxygens (including phenoxy) is 2. The fraction of sp³-hybridized carbons (Fsp3) is 0.294. The molecule has 0 amide bonds. The number of hydrogen-bond acceptors (Lipinski definition) is 2. The first-order chi connectivity index (χ1) is 9.79. The lowest BCUT2D eigenvalue weighted by molar-refractivity contribution is 0.0474. The Morgan fingerprint density at radius 3 is 2.50 bits per heavy atom. The van der Waals surface area contributed by atoms with Gasteiger partial charge >= 0.3 is 0 Å². The molecule has 0 fully saturated rings. The highest BCUT2D eigenvalue weighted by Crippen LogP contribution is 2.20. The minimum Gasteiger partial charge on any atom is -0.491 e. The van der Waals surface area contributed by atoms with E-state index in [0.29, 0.717) is 13.2 Å². The second-order valence-corrected chi connectivity index (χ2v) is 5.24. The minimum atomic E-state index is 0.0641. The molecule has 0 saturated carbocycles. The first-order valence-corrected chi connectivity index (χ1v) is 7.83. The van der Waals surface area contributed by atoms with Crippen molar-refractivity contribution in [3.05, 3.63) is 65.7 Å². The van der Waals surface area contributed by atoms with E-state index in [-0.39, 0.29) is 6.10 Å². The first kappa shape index (κ1) is 15.1. The van der Waals surface area contributed by atoms with E-state index in [1.54, 1.807) is 0 Å². The molecule has 1 atom stereocenters. The van der Waals surface area contributed by atoms with E-state index in [2.05, 4.69) is 47.1 Å². The molecule has 0 aliphatic carbocycles. The molecular formula is C17H19BrO2. The van der Waals surface area contributed by atoms with E-state index in [1.807, 2.05) is 30.3 Å². The molecule has 0 aliphatic rings. The summed E-state index contributed by atoms with van der Waals surface area (Å²) >= 11 is 3.51. The monoisotopic (exact) mass is 334 g/mol. The lowest BCUT2D eigenvalue weighted by Crippen LogP contribution is -2.12. The van der Waals surface area contributed by atoms with E-state index < -0.39 is 0 Å². The van der Waals surface area contributed by atoms with Gasteiger partial charge < -0.3 is 9.47 Å². The Labute approximate surface area is 128 Å². The predicted molar refractivity (Wildman–Crippen MR) is 85.6 cm³/mol. The van der Waals surface area contributed by atoms with Gasteiger partial charge in [-0.2, -0.15) is 0 Å². The molecule has 20 heavy (non-hydrogen) atoms. The summed E-state index contributed by atoms with van der Waals surface area (Å²) in [4.78, 5) is 0. The second kappa shape index (κ2) is 8.08. The lowest BCUT2D eigenvalue weighted by atomic mass is 10.1. The van der Waals surface area contributed by atoms with Gasteiger partial charge in [0.15, 0.2) is 0 Å². The number of alkyl halides is 1. The maximum Gasteiger partial charge on any atom is 0.119 e. The molecule has 0 N–H and O–H groups in total. The number of benzene rings is 2.